The van der Waals surface area contributed by atoms with E-state index in [9.17, 15) is 14.7 Å². The summed E-state index contributed by atoms with van der Waals surface area (Å²) in [5.41, 5.74) is 4.95. The molecule has 0 radical (unpaired) electrons. The van der Waals surface area contributed by atoms with Crippen LogP contribution in [0.15, 0.2) is 91.0 Å². The first-order chi connectivity index (χ1) is 19.3. The van der Waals surface area contributed by atoms with Crippen molar-refractivity contribution in [3.8, 4) is 17.2 Å². The molecule has 0 aliphatic carbocycles. The van der Waals surface area contributed by atoms with Gasteiger partial charge >= 0.3 is 11.9 Å². The third-order valence-corrected chi connectivity index (χ3v) is 6.63. The van der Waals surface area contributed by atoms with Crippen LogP contribution in [0.25, 0.3) is 0 Å². The first-order valence-corrected chi connectivity index (χ1v) is 13.2. The number of nitrogens with one attached hydrogen (secondary N) is 1. The summed E-state index contributed by atoms with van der Waals surface area (Å²) < 4.78 is 11.0. The van der Waals surface area contributed by atoms with Crippen LogP contribution < -0.4 is 15.0 Å². The number of phenolic OH excluding ortho intramolecular Hbond substituents is 1. The smallest absolute Gasteiger partial charge is 0.397 e. The minimum absolute atomic E-state index is 0.0504. The standard InChI is InChI=1S/C33H34N2O5/c1-5-39-33(38)32(37)34-27-18-22(2)31(23(3)19-27)40-29-16-17-30(36)26(20-29)21-35(28-14-10-7-11-15-28)24(4)25-12-8-6-9-13-25/h6-20,24,36H,5,21H2,1-4H3,(H,34,37). The molecule has 0 heterocycles. The molecule has 0 aliphatic rings. The molecule has 0 aliphatic heterocycles. The van der Waals surface area contributed by atoms with Gasteiger partial charge in [-0.05, 0) is 86.8 Å². The van der Waals surface area contributed by atoms with Gasteiger partial charge in [-0.2, -0.15) is 0 Å². The lowest BCUT2D eigenvalue weighted by Gasteiger charge is -2.32. The molecule has 40 heavy (non-hydrogen) atoms. The van der Waals surface area contributed by atoms with Gasteiger partial charge in [-0.1, -0.05) is 48.5 Å². The number of phenols is 1. The normalized spacial score (nSPS) is 11.4. The fourth-order valence-electron chi connectivity index (χ4n) is 4.60. The van der Waals surface area contributed by atoms with E-state index in [4.69, 9.17) is 9.47 Å². The van der Waals surface area contributed by atoms with Crippen LogP contribution in [0.2, 0.25) is 0 Å². The number of anilines is 2. The average molecular weight is 539 g/mol. The number of para-hydroxylation sites is 1. The molecule has 1 atom stereocenters. The van der Waals surface area contributed by atoms with E-state index >= 15 is 0 Å². The summed E-state index contributed by atoms with van der Waals surface area (Å²) in [5, 5.41) is 13.4. The molecule has 206 valence electrons. The van der Waals surface area contributed by atoms with Gasteiger partial charge < -0.3 is 24.8 Å². The van der Waals surface area contributed by atoms with Crippen molar-refractivity contribution < 1.29 is 24.2 Å². The molecular formula is C33H34N2O5. The van der Waals surface area contributed by atoms with Crippen LogP contribution in [0.1, 0.15) is 42.1 Å². The zero-order chi connectivity index (χ0) is 28.6. The fourth-order valence-corrected chi connectivity index (χ4v) is 4.60. The van der Waals surface area contributed by atoms with Crippen LogP contribution in [-0.4, -0.2) is 23.6 Å². The Morgan fingerprint density at radius 3 is 2.15 bits per heavy atom. The summed E-state index contributed by atoms with van der Waals surface area (Å²) in [6.07, 6.45) is 0. The minimum atomic E-state index is -0.930. The summed E-state index contributed by atoms with van der Waals surface area (Å²) in [4.78, 5) is 26.0. The highest BCUT2D eigenvalue weighted by atomic mass is 16.5. The van der Waals surface area contributed by atoms with Crippen LogP contribution in [0.3, 0.4) is 0 Å². The summed E-state index contributed by atoms with van der Waals surface area (Å²) >= 11 is 0. The highest BCUT2D eigenvalue weighted by molar-refractivity contribution is 6.37. The van der Waals surface area contributed by atoms with E-state index in [-0.39, 0.29) is 18.4 Å². The highest BCUT2D eigenvalue weighted by Gasteiger charge is 2.20. The number of ether oxygens (including phenoxy) is 2. The lowest BCUT2D eigenvalue weighted by Crippen LogP contribution is -2.26. The molecule has 2 N–H and O–H groups in total. The van der Waals surface area contributed by atoms with Crippen LogP contribution in [0, 0.1) is 13.8 Å². The van der Waals surface area contributed by atoms with Gasteiger partial charge in [0.2, 0.25) is 0 Å². The number of aryl methyl sites for hydroxylation is 2. The molecule has 0 spiro atoms. The Labute approximate surface area is 235 Å². The van der Waals surface area contributed by atoms with Crippen molar-refractivity contribution in [2.45, 2.75) is 40.3 Å². The molecule has 4 rings (SSSR count). The van der Waals surface area contributed by atoms with Crippen molar-refractivity contribution in [3.05, 3.63) is 113 Å². The molecule has 1 amide bonds. The largest absolute Gasteiger partial charge is 0.508 e. The predicted molar refractivity (Wildman–Crippen MR) is 157 cm³/mol. The molecule has 7 nitrogen and oxygen atoms in total. The van der Waals surface area contributed by atoms with Crippen LogP contribution in [0.5, 0.6) is 17.2 Å². The minimum Gasteiger partial charge on any atom is -0.508 e. The van der Waals surface area contributed by atoms with E-state index in [1.165, 1.54) is 5.56 Å². The summed E-state index contributed by atoms with van der Waals surface area (Å²) in [5.74, 6) is -0.379. The zero-order valence-corrected chi connectivity index (χ0v) is 23.2. The van der Waals surface area contributed by atoms with Gasteiger partial charge in [0.1, 0.15) is 17.2 Å². The average Bonchev–Trinajstić information content (AvgIpc) is 2.95. The molecule has 4 aromatic rings. The van der Waals surface area contributed by atoms with Crippen molar-refractivity contribution in [3.63, 3.8) is 0 Å². The molecule has 7 heteroatoms. The van der Waals surface area contributed by atoms with Gasteiger partial charge in [-0.15, -0.1) is 0 Å². The highest BCUT2D eigenvalue weighted by Crippen LogP contribution is 2.36. The van der Waals surface area contributed by atoms with Gasteiger partial charge in [-0.3, -0.25) is 4.79 Å². The van der Waals surface area contributed by atoms with Crippen molar-refractivity contribution in [1.82, 2.24) is 0 Å². The maximum Gasteiger partial charge on any atom is 0.397 e. The van der Waals surface area contributed by atoms with E-state index in [1.54, 1.807) is 31.2 Å². The topological polar surface area (TPSA) is 88.1 Å². The lowest BCUT2D eigenvalue weighted by atomic mass is 10.0. The molecule has 0 bridgehead atoms. The third-order valence-electron chi connectivity index (χ3n) is 6.63. The zero-order valence-electron chi connectivity index (χ0n) is 23.2. The van der Waals surface area contributed by atoms with Crippen LogP contribution in [0.4, 0.5) is 11.4 Å². The number of hydrogen-bond acceptors (Lipinski definition) is 6. The van der Waals surface area contributed by atoms with E-state index in [0.717, 1.165) is 22.4 Å². The lowest BCUT2D eigenvalue weighted by molar-refractivity contribution is -0.152. The summed E-state index contributed by atoms with van der Waals surface area (Å²) in [7, 11) is 0. The first-order valence-electron chi connectivity index (χ1n) is 13.2. The Morgan fingerprint density at radius 1 is 0.900 bits per heavy atom. The Hall–Kier alpha value is -4.78. The number of benzene rings is 4. The summed E-state index contributed by atoms with van der Waals surface area (Å²) in [6.45, 7) is 8.10. The Bertz CT molecular complexity index is 1450. The van der Waals surface area contributed by atoms with E-state index < -0.39 is 11.9 Å². The van der Waals surface area contributed by atoms with Crippen LogP contribution in [-0.2, 0) is 20.9 Å². The molecule has 0 aromatic heterocycles. The van der Waals surface area contributed by atoms with Gasteiger partial charge in [0.25, 0.3) is 0 Å². The van der Waals surface area contributed by atoms with Crippen molar-refractivity contribution in [1.29, 1.82) is 0 Å². The van der Waals surface area contributed by atoms with Gasteiger partial charge in [0, 0.05) is 23.5 Å². The second-order valence-corrected chi connectivity index (χ2v) is 9.56. The number of rotatable bonds is 9. The number of amides is 1. The monoisotopic (exact) mass is 538 g/mol. The second kappa shape index (κ2) is 12.8. The number of carbonyl (C=O) groups excluding carboxylic acids is 2. The van der Waals surface area contributed by atoms with Gasteiger partial charge in [0.15, 0.2) is 0 Å². The SMILES string of the molecule is CCOC(=O)C(=O)Nc1cc(C)c(Oc2ccc(O)c(CN(c3ccccc3)C(C)c3ccccc3)c2)c(C)c1. The maximum atomic E-state index is 12.1. The van der Waals surface area contributed by atoms with E-state index in [0.29, 0.717) is 23.7 Å². The van der Waals surface area contributed by atoms with Gasteiger partial charge in [0.05, 0.1) is 12.6 Å². The Kier molecular flexibility index (Phi) is 9.07. The number of carbonyl (C=O) groups is 2. The van der Waals surface area contributed by atoms with E-state index in [1.807, 2.05) is 56.3 Å². The fraction of sp³-hybridized carbons (Fsp3) is 0.212. The maximum absolute atomic E-state index is 12.1. The summed E-state index contributed by atoms with van der Waals surface area (Å²) in [6, 6.07) is 29.1. The number of esters is 1. The predicted octanol–water partition coefficient (Wildman–Crippen LogP) is 7.07. The first kappa shape index (κ1) is 28.2. The quantitative estimate of drug-likeness (QED) is 0.175. The second-order valence-electron chi connectivity index (χ2n) is 9.56. The Balaban J connectivity index is 1.58. The van der Waals surface area contributed by atoms with Crippen molar-refractivity contribution in [2.75, 3.05) is 16.8 Å². The number of hydrogen-bond donors (Lipinski definition) is 2. The molecule has 4 aromatic carbocycles. The van der Waals surface area contributed by atoms with Gasteiger partial charge in [-0.25, -0.2) is 4.79 Å². The van der Waals surface area contributed by atoms with Crippen molar-refractivity contribution in [2.24, 2.45) is 0 Å². The van der Waals surface area contributed by atoms with Crippen LogP contribution >= 0.6 is 0 Å². The number of nitrogens with zero attached hydrogens (tertiary/aromatic N) is 1. The molecule has 1 unspecified atom stereocenters. The molecule has 0 saturated carbocycles. The molecule has 0 fully saturated rings. The third kappa shape index (κ3) is 6.80. The van der Waals surface area contributed by atoms with E-state index in [2.05, 4.69) is 41.4 Å². The molecular weight excluding hydrogens is 504 g/mol. The molecule has 0 saturated heterocycles. The van der Waals surface area contributed by atoms with Crippen molar-refractivity contribution >= 4 is 23.3 Å². The Morgan fingerprint density at radius 2 is 1.52 bits per heavy atom. The number of aromatic hydroxyl groups is 1.